The second kappa shape index (κ2) is 8.17. The van der Waals surface area contributed by atoms with Gasteiger partial charge in [-0.15, -0.1) is 0 Å². The Morgan fingerprint density at radius 1 is 1.00 bits per heavy atom. The SMILES string of the molecule is Cc1cc(-c2ccc3ccnc(N)c3c2)ccc1OC1OC(CO)C(O)C(O)C1O. The van der Waals surface area contributed by atoms with Crippen LogP contribution >= 0.6 is 0 Å². The van der Waals surface area contributed by atoms with Gasteiger partial charge in [-0.3, -0.25) is 0 Å². The second-order valence-electron chi connectivity index (χ2n) is 7.43. The lowest BCUT2D eigenvalue weighted by molar-refractivity contribution is -0.277. The van der Waals surface area contributed by atoms with Gasteiger partial charge in [0, 0.05) is 11.6 Å². The molecule has 8 nitrogen and oxygen atoms in total. The molecule has 0 bridgehead atoms. The van der Waals surface area contributed by atoms with Crippen molar-refractivity contribution in [2.45, 2.75) is 37.6 Å². The number of rotatable bonds is 4. The number of hydrogen-bond donors (Lipinski definition) is 5. The monoisotopic (exact) mass is 412 g/mol. The largest absolute Gasteiger partial charge is 0.462 e. The molecule has 3 aromatic rings. The molecule has 8 heteroatoms. The summed E-state index contributed by atoms with van der Waals surface area (Å²) < 4.78 is 11.2. The molecule has 4 rings (SSSR count). The fourth-order valence-electron chi connectivity index (χ4n) is 3.62. The molecule has 2 heterocycles. The van der Waals surface area contributed by atoms with Crippen molar-refractivity contribution in [3.63, 3.8) is 0 Å². The third-order valence-corrected chi connectivity index (χ3v) is 5.40. The standard InChI is InChI=1S/C22H24N2O6/c1-11-8-13(14-3-2-12-6-7-24-21(23)15(12)9-14)4-5-16(11)29-22-20(28)19(27)18(26)17(10-25)30-22/h2-9,17-20,22,25-28H,10H2,1H3,(H2,23,24). The molecule has 1 aromatic heterocycles. The highest BCUT2D eigenvalue weighted by Gasteiger charge is 2.44. The van der Waals surface area contributed by atoms with Crippen molar-refractivity contribution in [1.82, 2.24) is 4.98 Å². The molecule has 1 fully saturated rings. The molecular weight excluding hydrogens is 388 g/mol. The van der Waals surface area contributed by atoms with Crippen molar-refractivity contribution in [3.05, 3.63) is 54.2 Å². The van der Waals surface area contributed by atoms with E-state index in [1.807, 2.05) is 43.3 Å². The number of aliphatic hydroxyl groups excluding tert-OH is 4. The van der Waals surface area contributed by atoms with Gasteiger partial charge in [0.05, 0.1) is 6.61 Å². The number of aromatic nitrogens is 1. The van der Waals surface area contributed by atoms with E-state index >= 15 is 0 Å². The molecule has 1 aliphatic rings. The molecule has 0 saturated carbocycles. The van der Waals surface area contributed by atoms with Crippen LogP contribution in [-0.2, 0) is 4.74 Å². The Hall–Kier alpha value is -2.75. The van der Waals surface area contributed by atoms with Crippen LogP contribution in [0, 0.1) is 6.92 Å². The zero-order chi connectivity index (χ0) is 21.4. The predicted octanol–water partition coefficient (Wildman–Crippen LogP) is 0.971. The van der Waals surface area contributed by atoms with Crippen molar-refractivity contribution in [1.29, 1.82) is 0 Å². The fraction of sp³-hybridized carbons (Fsp3) is 0.318. The van der Waals surface area contributed by atoms with E-state index in [4.69, 9.17) is 15.2 Å². The molecule has 2 aromatic carbocycles. The number of nitrogen functional groups attached to an aromatic ring is 1. The van der Waals surface area contributed by atoms with E-state index in [-0.39, 0.29) is 0 Å². The van der Waals surface area contributed by atoms with Crippen molar-refractivity contribution in [2.24, 2.45) is 0 Å². The molecule has 1 aliphatic heterocycles. The Morgan fingerprint density at radius 3 is 2.47 bits per heavy atom. The number of nitrogens with zero attached hydrogens (tertiary/aromatic N) is 1. The van der Waals surface area contributed by atoms with Gasteiger partial charge in [0.1, 0.15) is 36.0 Å². The summed E-state index contributed by atoms with van der Waals surface area (Å²) in [7, 11) is 0. The van der Waals surface area contributed by atoms with Gasteiger partial charge in [0.15, 0.2) is 0 Å². The van der Waals surface area contributed by atoms with E-state index in [0.717, 1.165) is 27.5 Å². The number of ether oxygens (including phenoxy) is 2. The first-order valence-electron chi connectivity index (χ1n) is 9.61. The van der Waals surface area contributed by atoms with Gasteiger partial charge in [-0.05, 0) is 53.3 Å². The van der Waals surface area contributed by atoms with E-state index in [0.29, 0.717) is 11.6 Å². The van der Waals surface area contributed by atoms with Crippen LogP contribution in [0.5, 0.6) is 5.75 Å². The number of fused-ring (bicyclic) bond motifs is 1. The summed E-state index contributed by atoms with van der Waals surface area (Å²) in [6.45, 7) is 1.34. The molecule has 0 amide bonds. The first kappa shape index (κ1) is 20.5. The number of pyridine rings is 1. The maximum absolute atomic E-state index is 10.2. The van der Waals surface area contributed by atoms with Gasteiger partial charge in [-0.1, -0.05) is 18.2 Å². The van der Waals surface area contributed by atoms with Gasteiger partial charge in [-0.25, -0.2) is 4.98 Å². The summed E-state index contributed by atoms with van der Waals surface area (Å²) in [5.74, 6) is 0.915. The minimum Gasteiger partial charge on any atom is -0.462 e. The highest BCUT2D eigenvalue weighted by Crippen LogP contribution is 2.31. The Labute approximate surface area is 173 Å². The van der Waals surface area contributed by atoms with E-state index in [9.17, 15) is 20.4 Å². The highest BCUT2D eigenvalue weighted by atomic mass is 16.7. The zero-order valence-corrected chi connectivity index (χ0v) is 16.3. The van der Waals surface area contributed by atoms with Gasteiger partial charge in [0.2, 0.25) is 6.29 Å². The van der Waals surface area contributed by atoms with E-state index in [2.05, 4.69) is 4.98 Å². The Kier molecular flexibility index (Phi) is 5.59. The molecule has 5 unspecified atom stereocenters. The second-order valence-corrected chi connectivity index (χ2v) is 7.43. The molecule has 0 aliphatic carbocycles. The average molecular weight is 412 g/mol. The summed E-state index contributed by atoms with van der Waals surface area (Å²) >= 11 is 0. The summed E-state index contributed by atoms with van der Waals surface area (Å²) in [5, 5.41) is 41.2. The Morgan fingerprint density at radius 2 is 1.73 bits per heavy atom. The molecular formula is C22H24N2O6. The first-order valence-corrected chi connectivity index (χ1v) is 9.61. The van der Waals surface area contributed by atoms with E-state index < -0.39 is 37.3 Å². The Balaban J connectivity index is 1.59. The van der Waals surface area contributed by atoms with E-state index in [1.54, 1.807) is 12.3 Å². The fourth-order valence-corrected chi connectivity index (χ4v) is 3.62. The summed E-state index contributed by atoms with van der Waals surface area (Å²) in [5.41, 5.74) is 8.68. The van der Waals surface area contributed by atoms with Crippen LogP contribution in [0.25, 0.3) is 21.9 Å². The normalized spacial score (nSPS) is 26.6. The molecule has 6 N–H and O–H groups in total. The van der Waals surface area contributed by atoms with Crippen LogP contribution < -0.4 is 10.5 Å². The van der Waals surface area contributed by atoms with Crippen LogP contribution in [0.15, 0.2) is 48.7 Å². The molecule has 0 spiro atoms. The molecule has 0 radical (unpaired) electrons. The maximum atomic E-state index is 10.2. The highest BCUT2D eigenvalue weighted by molar-refractivity contribution is 5.94. The minimum atomic E-state index is -1.49. The number of benzene rings is 2. The third kappa shape index (κ3) is 3.71. The molecule has 30 heavy (non-hydrogen) atoms. The van der Waals surface area contributed by atoms with Gasteiger partial charge in [0.25, 0.3) is 0 Å². The van der Waals surface area contributed by atoms with Gasteiger partial charge >= 0.3 is 0 Å². The summed E-state index contributed by atoms with van der Waals surface area (Å²) in [6, 6.07) is 13.4. The first-order chi connectivity index (χ1) is 14.4. The third-order valence-electron chi connectivity index (χ3n) is 5.40. The lowest BCUT2D eigenvalue weighted by Gasteiger charge is -2.39. The topological polar surface area (TPSA) is 138 Å². The van der Waals surface area contributed by atoms with Crippen LogP contribution in [0.3, 0.4) is 0 Å². The predicted molar refractivity (Wildman–Crippen MR) is 111 cm³/mol. The van der Waals surface area contributed by atoms with Crippen LogP contribution in [0.4, 0.5) is 5.82 Å². The number of hydrogen-bond acceptors (Lipinski definition) is 8. The summed E-state index contributed by atoms with van der Waals surface area (Å²) in [4.78, 5) is 4.13. The van der Waals surface area contributed by atoms with Crippen molar-refractivity contribution < 1.29 is 29.9 Å². The molecule has 5 atom stereocenters. The Bertz CT molecular complexity index is 1060. The average Bonchev–Trinajstić information content (AvgIpc) is 2.75. The van der Waals surface area contributed by atoms with Gasteiger partial charge in [-0.2, -0.15) is 0 Å². The van der Waals surface area contributed by atoms with Crippen LogP contribution in [-0.4, -0.2) is 62.7 Å². The number of aliphatic hydroxyl groups is 4. The quantitative estimate of drug-likeness (QED) is 0.427. The van der Waals surface area contributed by atoms with Crippen LogP contribution in [0.1, 0.15) is 5.56 Å². The van der Waals surface area contributed by atoms with Crippen molar-refractivity contribution >= 4 is 16.6 Å². The van der Waals surface area contributed by atoms with Crippen molar-refractivity contribution in [2.75, 3.05) is 12.3 Å². The number of aryl methyl sites for hydroxylation is 1. The molecule has 158 valence electrons. The van der Waals surface area contributed by atoms with Gasteiger partial charge < -0.3 is 35.6 Å². The van der Waals surface area contributed by atoms with Crippen LogP contribution in [0.2, 0.25) is 0 Å². The smallest absolute Gasteiger partial charge is 0.229 e. The lowest BCUT2D eigenvalue weighted by Crippen LogP contribution is -2.60. The molecule has 1 saturated heterocycles. The van der Waals surface area contributed by atoms with E-state index in [1.165, 1.54) is 0 Å². The zero-order valence-electron chi connectivity index (χ0n) is 16.3. The lowest BCUT2D eigenvalue weighted by atomic mass is 9.99. The minimum absolute atomic E-state index is 0.449. The summed E-state index contributed by atoms with van der Waals surface area (Å²) in [6.07, 6.45) is -4.95. The number of anilines is 1. The number of nitrogens with two attached hydrogens (primary N) is 1. The van der Waals surface area contributed by atoms with Crippen molar-refractivity contribution in [3.8, 4) is 16.9 Å². The maximum Gasteiger partial charge on any atom is 0.229 e.